The number of hydrogen-bond acceptors (Lipinski definition) is 3. The van der Waals surface area contributed by atoms with E-state index in [0.717, 1.165) is 45.1 Å². The first kappa shape index (κ1) is 24.4. The Bertz CT molecular complexity index is 386. The predicted octanol–water partition coefficient (Wildman–Crippen LogP) is 3.78. The molecule has 0 aromatic carbocycles. The van der Waals surface area contributed by atoms with Crippen molar-refractivity contribution in [2.24, 2.45) is 0 Å². The lowest BCUT2D eigenvalue weighted by Crippen LogP contribution is -2.25. The van der Waals surface area contributed by atoms with Gasteiger partial charge in [0.15, 0.2) is 0 Å². The Labute approximate surface area is 158 Å². The monoisotopic (exact) mass is 370 g/mol. The Kier molecular flexibility index (Phi) is 17.1. The molecule has 26 heavy (non-hydrogen) atoms. The molecule has 2 amide bonds. The van der Waals surface area contributed by atoms with E-state index < -0.39 is 5.97 Å². The molecular weight excluding hydrogens is 332 g/mol. The zero-order chi connectivity index (χ0) is 19.5. The van der Waals surface area contributed by atoms with E-state index in [0.29, 0.717) is 12.8 Å². The summed E-state index contributed by atoms with van der Waals surface area (Å²) in [5.74, 6) is -0.750. The minimum Gasteiger partial charge on any atom is -0.481 e. The number of carbonyl (C=O) groups excluding carboxylic acids is 2. The van der Waals surface area contributed by atoms with E-state index in [1.807, 2.05) is 0 Å². The Balaban J connectivity index is 3.21. The van der Waals surface area contributed by atoms with Crippen LogP contribution in [-0.2, 0) is 14.4 Å². The van der Waals surface area contributed by atoms with Gasteiger partial charge in [0.25, 0.3) is 0 Å². The molecule has 0 rings (SSSR count). The quantitative estimate of drug-likeness (QED) is 0.320. The standard InChI is InChI=1S/C20H38N2O4/c1-2-16-21-18(23)13-11-9-7-5-3-4-6-8-10-12-14-19(24)22-17-15-20(25)26/h2-17H2,1H3,(H,21,23)(H,22,24)(H,25,26). The van der Waals surface area contributed by atoms with Crippen molar-refractivity contribution < 1.29 is 19.5 Å². The van der Waals surface area contributed by atoms with Gasteiger partial charge in [0, 0.05) is 25.9 Å². The van der Waals surface area contributed by atoms with Crippen LogP contribution in [0.4, 0.5) is 0 Å². The molecule has 6 heteroatoms. The average molecular weight is 371 g/mol. The molecular formula is C20H38N2O4. The molecule has 0 aromatic heterocycles. The minimum absolute atomic E-state index is 0.0161. The molecule has 0 fully saturated rings. The number of unbranched alkanes of at least 4 members (excludes halogenated alkanes) is 9. The SMILES string of the molecule is CCCNC(=O)CCCCCCCCCCCCC(=O)NCCC(=O)O. The Hall–Kier alpha value is -1.59. The van der Waals surface area contributed by atoms with Crippen LogP contribution in [0.25, 0.3) is 0 Å². The summed E-state index contributed by atoms with van der Waals surface area (Å²) >= 11 is 0. The van der Waals surface area contributed by atoms with Gasteiger partial charge in [0.1, 0.15) is 0 Å². The molecule has 0 saturated heterocycles. The molecule has 152 valence electrons. The smallest absolute Gasteiger partial charge is 0.305 e. The molecule has 0 aliphatic heterocycles. The van der Waals surface area contributed by atoms with E-state index in [4.69, 9.17) is 5.11 Å². The summed E-state index contributed by atoms with van der Waals surface area (Å²) < 4.78 is 0. The van der Waals surface area contributed by atoms with Gasteiger partial charge in [0.2, 0.25) is 11.8 Å². The molecule has 0 saturated carbocycles. The highest BCUT2D eigenvalue weighted by Gasteiger charge is 2.02. The summed E-state index contributed by atoms with van der Waals surface area (Å²) in [5, 5.41) is 14.0. The van der Waals surface area contributed by atoms with E-state index in [1.165, 1.54) is 32.1 Å². The highest BCUT2D eigenvalue weighted by Crippen LogP contribution is 2.12. The fourth-order valence-corrected chi connectivity index (χ4v) is 2.74. The second-order valence-electron chi connectivity index (χ2n) is 6.88. The number of carbonyl (C=O) groups is 3. The highest BCUT2D eigenvalue weighted by atomic mass is 16.4. The van der Waals surface area contributed by atoms with Gasteiger partial charge in [-0.15, -0.1) is 0 Å². The average Bonchev–Trinajstić information content (AvgIpc) is 2.60. The van der Waals surface area contributed by atoms with Crippen molar-refractivity contribution in [3.8, 4) is 0 Å². The van der Waals surface area contributed by atoms with E-state index in [9.17, 15) is 14.4 Å². The molecule has 0 heterocycles. The van der Waals surface area contributed by atoms with Crippen LogP contribution in [0.1, 0.15) is 96.8 Å². The van der Waals surface area contributed by atoms with Crippen molar-refractivity contribution in [3.63, 3.8) is 0 Å². The Morgan fingerprint density at radius 3 is 1.38 bits per heavy atom. The van der Waals surface area contributed by atoms with Crippen LogP contribution in [0, 0.1) is 0 Å². The summed E-state index contributed by atoms with van der Waals surface area (Å²) in [7, 11) is 0. The third-order valence-corrected chi connectivity index (χ3v) is 4.29. The third-order valence-electron chi connectivity index (χ3n) is 4.29. The second kappa shape index (κ2) is 18.2. The first-order chi connectivity index (χ1) is 12.6. The van der Waals surface area contributed by atoms with Crippen LogP contribution < -0.4 is 10.6 Å². The number of nitrogens with one attached hydrogen (secondary N) is 2. The molecule has 0 bridgehead atoms. The van der Waals surface area contributed by atoms with Crippen LogP contribution in [0.3, 0.4) is 0 Å². The van der Waals surface area contributed by atoms with Crippen molar-refractivity contribution in [1.82, 2.24) is 10.6 Å². The van der Waals surface area contributed by atoms with Gasteiger partial charge in [-0.2, -0.15) is 0 Å². The molecule has 0 unspecified atom stereocenters. The molecule has 0 aliphatic carbocycles. The van der Waals surface area contributed by atoms with Gasteiger partial charge in [-0.05, 0) is 19.3 Å². The maximum Gasteiger partial charge on any atom is 0.305 e. The lowest BCUT2D eigenvalue weighted by Gasteiger charge is -2.05. The van der Waals surface area contributed by atoms with Crippen LogP contribution in [0.15, 0.2) is 0 Å². The van der Waals surface area contributed by atoms with E-state index in [1.54, 1.807) is 0 Å². The normalized spacial score (nSPS) is 10.5. The van der Waals surface area contributed by atoms with E-state index in [-0.39, 0.29) is 24.8 Å². The third kappa shape index (κ3) is 18.7. The summed E-state index contributed by atoms with van der Waals surface area (Å²) in [6.45, 7) is 3.06. The molecule has 0 radical (unpaired) electrons. The summed E-state index contributed by atoms with van der Waals surface area (Å²) in [6, 6.07) is 0. The van der Waals surface area contributed by atoms with Gasteiger partial charge in [0.05, 0.1) is 6.42 Å². The molecule has 0 aromatic rings. The van der Waals surface area contributed by atoms with Gasteiger partial charge in [-0.1, -0.05) is 58.3 Å². The number of hydrogen-bond donors (Lipinski definition) is 3. The topological polar surface area (TPSA) is 95.5 Å². The number of amides is 2. The fraction of sp³-hybridized carbons (Fsp3) is 0.850. The Morgan fingerprint density at radius 2 is 1.00 bits per heavy atom. The largest absolute Gasteiger partial charge is 0.481 e. The number of carboxylic acid groups (broad SMARTS) is 1. The molecule has 0 spiro atoms. The molecule has 0 aliphatic rings. The van der Waals surface area contributed by atoms with Crippen molar-refractivity contribution in [1.29, 1.82) is 0 Å². The van der Waals surface area contributed by atoms with E-state index in [2.05, 4.69) is 17.6 Å². The minimum atomic E-state index is -0.886. The summed E-state index contributed by atoms with van der Waals surface area (Å²) in [6.07, 6.45) is 13.5. The van der Waals surface area contributed by atoms with Gasteiger partial charge in [-0.25, -0.2) is 0 Å². The number of rotatable bonds is 18. The maximum atomic E-state index is 11.4. The van der Waals surface area contributed by atoms with Crippen LogP contribution in [0.5, 0.6) is 0 Å². The van der Waals surface area contributed by atoms with Gasteiger partial charge in [-0.3, -0.25) is 14.4 Å². The van der Waals surface area contributed by atoms with Crippen LogP contribution in [0.2, 0.25) is 0 Å². The summed E-state index contributed by atoms with van der Waals surface area (Å²) in [5.41, 5.74) is 0. The zero-order valence-corrected chi connectivity index (χ0v) is 16.5. The van der Waals surface area contributed by atoms with Crippen molar-refractivity contribution in [2.45, 2.75) is 96.8 Å². The van der Waals surface area contributed by atoms with Crippen LogP contribution in [-0.4, -0.2) is 36.0 Å². The lowest BCUT2D eigenvalue weighted by molar-refractivity contribution is -0.137. The zero-order valence-electron chi connectivity index (χ0n) is 16.5. The fourth-order valence-electron chi connectivity index (χ4n) is 2.74. The van der Waals surface area contributed by atoms with Gasteiger partial charge >= 0.3 is 5.97 Å². The maximum absolute atomic E-state index is 11.4. The number of aliphatic carboxylic acids is 1. The van der Waals surface area contributed by atoms with Crippen molar-refractivity contribution in [3.05, 3.63) is 0 Å². The second-order valence-corrected chi connectivity index (χ2v) is 6.88. The highest BCUT2D eigenvalue weighted by molar-refractivity contribution is 5.76. The first-order valence-corrected chi connectivity index (χ1v) is 10.3. The number of carboxylic acids is 1. The van der Waals surface area contributed by atoms with Crippen molar-refractivity contribution in [2.75, 3.05) is 13.1 Å². The molecule has 6 nitrogen and oxygen atoms in total. The lowest BCUT2D eigenvalue weighted by atomic mass is 10.0. The summed E-state index contributed by atoms with van der Waals surface area (Å²) in [4.78, 5) is 33.2. The van der Waals surface area contributed by atoms with Gasteiger partial charge < -0.3 is 15.7 Å². The Morgan fingerprint density at radius 1 is 0.615 bits per heavy atom. The molecule has 0 atom stereocenters. The van der Waals surface area contributed by atoms with E-state index >= 15 is 0 Å². The van der Waals surface area contributed by atoms with Crippen LogP contribution >= 0.6 is 0 Å². The predicted molar refractivity (Wildman–Crippen MR) is 104 cm³/mol. The first-order valence-electron chi connectivity index (χ1n) is 10.3. The molecule has 3 N–H and O–H groups in total. The van der Waals surface area contributed by atoms with Crippen molar-refractivity contribution >= 4 is 17.8 Å².